The topological polar surface area (TPSA) is 92.5 Å². The highest BCUT2D eigenvalue weighted by atomic mass is 35.5. The first kappa shape index (κ1) is 17.6. The third kappa shape index (κ3) is 3.31. The van der Waals surface area contributed by atoms with Crippen molar-refractivity contribution in [2.45, 2.75) is 0 Å². The van der Waals surface area contributed by atoms with Gasteiger partial charge in [-0.2, -0.15) is 0 Å². The van der Waals surface area contributed by atoms with Gasteiger partial charge in [-0.25, -0.2) is 9.97 Å². The van der Waals surface area contributed by atoms with Gasteiger partial charge >= 0.3 is 0 Å². The molecule has 0 atom stereocenters. The normalized spacial score (nSPS) is 14.6. The summed E-state index contributed by atoms with van der Waals surface area (Å²) in [4.78, 5) is 36.8. The Bertz CT molecular complexity index is 1030. The molecule has 2 aromatic heterocycles. The average molecular weight is 404 g/mol. The van der Waals surface area contributed by atoms with Crippen molar-refractivity contribution < 1.29 is 9.72 Å². The van der Waals surface area contributed by atoms with Gasteiger partial charge in [0.25, 0.3) is 11.6 Å². The predicted octanol–water partition coefficient (Wildman–Crippen LogP) is 3.22. The van der Waals surface area contributed by atoms with Crippen molar-refractivity contribution in [2.75, 3.05) is 31.1 Å². The summed E-state index contributed by atoms with van der Waals surface area (Å²) in [6.07, 6.45) is 1.54. The Morgan fingerprint density at radius 2 is 1.96 bits per heavy atom. The molecule has 0 radical (unpaired) electrons. The lowest BCUT2D eigenvalue weighted by atomic mass is 10.1. The number of amides is 1. The molecule has 1 amide bonds. The highest BCUT2D eigenvalue weighted by molar-refractivity contribution is 7.16. The van der Waals surface area contributed by atoms with Gasteiger partial charge in [0, 0.05) is 37.3 Å². The van der Waals surface area contributed by atoms with Gasteiger partial charge in [-0.05, 0) is 23.6 Å². The summed E-state index contributed by atoms with van der Waals surface area (Å²) in [6.45, 7) is 2.09. The molecule has 3 aromatic rings. The van der Waals surface area contributed by atoms with E-state index in [9.17, 15) is 14.9 Å². The number of nitro groups is 1. The van der Waals surface area contributed by atoms with Crippen LogP contribution in [0.3, 0.4) is 0 Å². The second-order valence-corrected chi connectivity index (χ2v) is 7.37. The molecule has 1 aliphatic rings. The zero-order chi connectivity index (χ0) is 19.0. The van der Waals surface area contributed by atoms with Crippen molar-refractivity contribution in [1.29, 1.82) is 0 Å². The van der Waals surface area contributed by atoms with Gasteiger partial charge in [-0.3, -0.25) is 14.9 Å². The summed E-state index contributed by atoms with van der Waals surface area (Å²) in [7, 11) is 0. The lowest BCUT2D eigenvalue weighted by molar-refractivity contribution is -0.385. The van der Waals surface area contributed by atoms with E-state index in [0.29, 0.717) is 26.2 Å². The number of nitrogens with zero attached hydrogens (tertiary/aromatic N) is 5. The number of fused-ring (bicyclic) bond motifs is 1. The second kappa shape index (κ2) is 7.09. The fraction of sp³-hybridized carbons (Fsp3) is 0.235. The highest BCUT2D eigenvalue weighted by Gasteiger charge is 2.28. The summed E-state index contributed by atoms with van der Waals surface area (Å²) in [5, 5.41) is 14.5. The summed E-state index contributed by atoms with van der Waals surface area (Å²) >= 11 is 7.39. The van der Waals surface area contributed by atoms with Gasteiger partial charge in [0.2, 0.25) is 0 Å². The first-order valence-corrected chi connectivity index (χ1v) is 9.47. The minimum Gasteiger partial charge on any atom is -0.352 e. The molecule has 1 fully saturated rings. The molecule has 8 nitrogen and oxygen atoms in total. The number of thiophene rings is 1. The number of nitro benzene ring substituents is 1. The van der Waals surface area contributed by atoms with Crippen molar-refractivity contribution in [1.82, 2.24) is 14.9 Å². The Morgan fingerprint density at radius 3 is 2.70 bits per heavy atom. The number of rotatable bonds is 3. The molecule has 10 heteroatoms. The number of carbonyl (C=O) groups is 1. The van der Waals surface area contributed by atoms with Gasteiger partial charge in [-0.15, -0.1) is 11.3 Å². The zero-order valence-electron chi connectivity index (χ0n) is 14.0. The van der Waals surface area contributed by atoms with Gasteiger partial charge in [0.15, 0.2) is 0 Å². The zero-order valence-corrected chi connectivity index (χ0v) is 15.6. The van der Waals surface area contributed by atoms with Crippen LogP contribution in [-0.2, 0) is 0 Å². The van der Waals surface area contributed by atoms with E-state index >= 15 is 0 Å². The number of anilines is 1. The average Bonchev–Trinajstić information content (AvgIpc) is 3.16. The molecule has 138 valence electrons. The number of hydrogen-bond donors (Lipinski definition) is 0. The summed E-state index contributed by atoms with van der Waals surface area (Å²) < 4.78 is 0. The second-order valence-electron chi connectivity index (χ2n) is 6.03. The summed E-state index contributed by atoms with van der Waals surface area (Å²) in [6, 6.07) is 6.10. The third-order valence-electron chi connectivity index (χ3n) is 4.49. The quantitative estimate of drug-likeness (QED) is 0.492. The summed E-state index contributed by atoms with van der Waals surface area (Å²) in [5.41, 5.74) is -0.217. The van der Waals surface area contributed by atoms with Gasteiger partial charge < -0.3 is 9.80 Å². The van der Waals surface area contributed by atoms with E-state index in [2.05, 4.69) is 14.9 Å². The maximum atomic E-state index is 12.8. The smallest absolute Gasteiger partial charge is 0.283 e. The maximum absolute atomic E-state index is 12.8. The first-order chi connectivity index (χ1) is 13.0. The van der Waals surface area contributed by atoms with Crippen LogP contribution in [0.15, 0.2) is 36.0 Å². The fourth-order valence-corrected chi connectivity index (χ4v) is 4.05. The van der Waals surface area contributed by atoms with Crippen LogP contribution in [0.2, 0.25) is 5.02 Å². The molecular formula is C17H14ClN5O3S. The Hall–Kier alpha value is -2.78. The van der Waals surface area contributed by atoms with Crippen molar-refractivity contribution in [3.63, 3.8) is 0 Å². The van der Waals surface area contributed by atoms with E-state index in [1.54, 1.807) is 22.6 Å². The number of aromatic nitrogens is 2. The minimum atomic E-state index is -0.580. The molecule has 1 saturated heterocycles. The number of hydrogen-bond acceptors (Lipinski definition) is 7. The van der Waals surface area contributed by atoms with Crippen LogP contribution in [0, 0.1) is 10.1 Å². The maximum Gasteiger partial charge on any atom is 0.283 e. The highest BCUT2D eigenvalue weighted by Crippen LogP contribution is 2.28. The minimum absolute atomic E-state index is 0.0557. The number of carbonyl (C=O) groups excluding carboxylic acids is 1. The van der Waals surface area contributed by atoms with Crippen LogP contribution in [0.5, 0.6) is 0 Å². The number of halogens is 1. The third-order valence-corrected chi connectivity index (χ3v) is 5.55. The van der Waals surface area contributed by atoms with Crippen LogP contribution in [0.4, 0.5) is 11.5 Å². The van der Waals surface area contributed by atoms with Crippen LogP contribution >= 0.6 is 22.9 Å². The predicted molar refractivity (Wildman–Crippen MR) is 104 cm³/mol. The summed E-state index contributed by atoms with van der Waals surface area (Å²) in [5.74, 6) is 0.493. The molecule has 0 N–H and O–H groups in total. The lowest BCUT2D eigenvalue weighted by Crippen LogP contribution is -2.49. The Balaban J connectivity index is 1.52. The van der Waals surface area contributed by atoms with E-state index in [1.807, 2.05) is 11.4 Å². The standard InChI is InChI=1S/C17H14ClN5O3S/c18-11-1-2-12(14(9-11)23(25)26)17(24)22-6-4-21(5-7-22)15-13-3-8-27-16(13)20-10-19-15/h1-3,8-10H,4-7H2. The van der Waals surface area contributed by atoms with E-state index in [-0.39, 0.29) is 22.2 Å². The molecule has 4 rings (SSSR count). The van der Waals surface area contributed by atoms with Crippen LogP contribution in [0.25, 0.3) is 10.2 Å². The monoisotopic (exact) mass is 403 g/mol. The molecule has 0 saturated carbocycles. The van der Waals surface area contributed by atoms with Crippen LogP contribution in [-0.4, -0.2) is 51.9 Å². The Kier molecular flexibility index (Phi) is 4.63. The van der Waals surface area contributed by atoms with Crippen molar-refractivity contribution in [2.24, 2.45) is 0 Å². The molecule has 0 bridgehead atoms. The van der Waals surface area contributed by atoms with E-state index in [1.165, 1.54) is 18.2 Å². The molecule has 0 spiro atoms. The number of piperazine rings is 1. The van der Waals surface area contributed by atoms with Gasteiger partial charge in [0.1, 0.15) is 22.5 Å². The number of benzene rings is 1. The van der Waals surface area contributed by atoms with Crippen LogP contribution in [0.1, 0.15) is 10.4 Å². The van der Waals surface area contributed by atoms with Crippen molar-refractivity contribution in [3.05, 3.63) is 56.7 Å². The van der Waals surface area contributed by atoms with Gasteiger partial charge in [0.05, 0.1) is 10.3 Å². The van der Waals surface area contributed by atoms with E-state index in [4.69, 9.17) is 11.6 Å². The van der Waals surface area contributed by atoms with E-state index < -0.39 is 4.92 Å². The van der Waals surface area contributed by atoms with Crippen molar-refractivity contribution in [3.8, 4) is 0 Å². The largest absolute Gasteiger partial charge is 0.352 e. The lowest BCUT2D eigenvalue weighted by Gasteiger charge is -2.35. The molecule has 1 aliphatic heterocycles. The molecule has 0 unspecified atom stereocenters. The Morgan fingerprint density at radius 1 is 1.19 bits per heavy atom. The SMILES string of the molecule is O=C(c1ccc(Cl)cc1[N+](=O)[O-])N1CCN(c2ncnc3sccc23)CC1. The first-order valence-electron chi connectivity index (χ1n) is 8.21. The molecule has 0 aliphatic carbocycles. The van der Waals surface area contributed by atoms with Crippen LogP contribution < -0.4 is 4.90 Å². The molecule has 1 aromatic carbocycles. The Labute approximate surface area is 163 Å². The fourth-order valence-electron chi connectivity index (χ4n) is 3.16. The molecular weight excluding hydrogens is 390 g/mol. The van der Waals surface area contributed by atoms with Crippen molar-refractivity contribution >= 4 is 50.6 Å². The van der Waals surface area contributed by atoms with Gasteiger partial charge in [-0.1, -0.05) is 11.6 Å². The molecule has 3 heterocycles. The van der Waals surface area contributed by atoms with E-state index in [0.717, 1.165) is 16.0 Å². The molecule has 27 heavy (non-hydrogen) atoms.